The molecular weight excluding hydrogens is 186 g/mol. The summed E-state index contributed by atoms with van der Waals surface area (Å²) < 4.78 is 5.68. The van der Waals surface area contributed by atoms with Crippen LogP contribution in [-0.4, -0.2) is 12.6 Å². The minimum atomic E-state index is 0.325. The lowest BCUT2D eigenvalue weighted by Crippen LogP contribution is -2.19. The average Bonchev–Trinajstić information content (AvgIpc) is 2.26. The van der Waals surface area contributed by atoms with E-state index in [2.05, 4.69) is 19.9 Å². The van der Waals surface area contributed by atoms with Gasteiger partial charge in [0.15, 0.2) is 0 Å². The second-order valence-corrected chi connectivity index (χ2v) is 3.92. The first kappa shape index (κ1) is 12.1. The molecule has 0 bridgehead atoms. The van der Waals surface area contributed by atoms with Crippen LogP contribution < -0.4 is 10.5 Å². The first-order chi connectivity index (χ1) is 7.24. The van der Waals surface area contributed by atoms with E-state index in [9.17, 15) is 0 Å². The van der Waals surface area contributed by atoms with Gasteiger partial charge in [0.25, 0.3) is 0 Å². The molecule has 84 valence electrons. The summed E-state index contributed by atoms with van der Waals surface area (Å²) in [7, 11) is 0. The molecule has 2 heteroatoms. The predicted octanol–water partition coefficient (Wildman–Crippen LogP) is 2.89. The number of ether oxygens (including phenoxy) is 1. The molecule has 1 atom stereocenters. The van der Waals surface area contributed by atoms with Gasteiger partial charge >= 0.3 is 0 Å². The number of rotatable bonds is 6. The topological polar surface area (TPSA) is 35.2 Å². The van der Waals surface area contributed by atoms with Crippen molar-refractivity contribution in [3.63, 3.8) is 0 Å². The van der Waals surface area contributed by atoms with Crippen LogP contribution in [0.25, 0.3) is 0 Å². The van der Waals surface area contributed by atoms with Crippen LogP contribution in [-0.2, 0) is 0 Å². The zero-order chi connectivity index (χ0) is 11.1. The van der Waals surface area contributed by atoms with Crippen molar-refractivity contribution in [1.29, 1.82) is 0 Å². The Morgan fingerprint density at radius 1 is 1.33 bits per heavy atom. The maximum absolute atomic E-state index is 5.83. The highest BCUT2D eigenvalue weighted by molar-refractivity contribution is 5.31. The van der Waals surface area contributed by atoms with E-state index in [0.29, 0.717) is 6.04 Å². The molecule has 1 aromatic carbocycles. The minimum absolute atomic E-state index is 0.325. The Hall–Kier alpha value is -1.02. The number of nitrogens with two attached hydrogens (primary N) is 1. The van der Waals surface area contributed by atoms with Gasteiger partial charge in [0.05, 0.1) is 6.61 Å². The van der Waals surface area contributed by atoms with Gasteiger partial charge in [-0.1, -0.05) is 25.1 Å². The van der Waals surface area contributed by atoms with Gasteiger partial charge in [-0.15, -0.1) is 0 Å². The number of benzene rings is 1. The van der Waals surface area contributed by atoms with E-state index in [4.69, 9.17) is 10.5 Å². The van der Waals surface area contributed by atoms with Crippen LogP contribution in [0.5, 0.6) is 5.75 Å². The first-order valence-corrected chi connectivity index (χ1v) is 5.68. The standard InChI is InChI=1S/C13H21NO/c1-3-12(14)8-6-10-15-13-9-5-4-7-11(13)2/h4-5,7,9,12H,3,6,8,10,14H2,1-2H3. The fourth-order valence-electron chi connectivity index (χ4n) is 1.45. The molecule has 0 spiro atoms. The number of hydrogen-bond donors (Lipinski definition) is 1. The van der Waals surface area contributed by atoms with Crippen molar-refractivity contribution in [1.82, 2.24) is 0 Å². The molecular formula is C13H21NO. The first-order valence-electron chi connectivity index (χ1n) is 5.68. The normalized spacial score (nSPS) is 12.5. The summed E-state index contributed by atoms with van der Waals surface area (Å²) in [5, 5.41) is 0. The van der Waals surface area contributed by atoms with Crippen LogP contribution in [0.2, 0.25) is 0 Å². The van der Waals surface area contributed by atoms with Crippen LogP contribution in [0, 0.1) is 6.92 Å². The molecule has 0 aliphatic rings. The Morgan fingerprint density at radius 3 is 2.73 bits per heavy atom. The smallest absolute Gasteiger partial charge is 0.122 e. The molecule has 0 aliphatic carbocycles. The highest BCUT2D eigenvalue weighted by Gasteiger charge is 2.00. The van der Waals surface area contributed by atoms with Crippen molar-refractivity contribution in [3.8, 4) is 5.75 Å². The summed E-state index contributed by atoms with van der Waals surface area (Å²) in [5.41, 5.74) is 7.02. The molecule has 1 unspecified atom stereocenters. The van der Waals surface area contributed by atoms with Crippen molar-refractivity contribution < 1.29 is 4.74 Å². The molecule has 0 radical (unpaired) electrons. The molecule has 2 nitrogen and oxygen atoms in total. The van der Waals surface area contributed by atoms with Crippen molar-refractivity contribution in [3.05, 3.63) is 29.8 Å². The van der Waals surface area contributed by atoms with Gasteiger partial charge in [-0.05, 0) is 37.8 Å². The van der Waals surface area contributed by atoms with Gasteiger partial charge in [0.2, 0.25) is 0 Å². The SMILES string of the molecule is CCC(N)CCCOc1ccccc1C. The van der Waals surface area contributed by atoms with E-state index in [1.807, 2.05) is 18.2 Å². The van der Waals surface area contributed by atoms with Crippen molar-refractivity contribution in [2.75, 3.05) is 6.61 Å². The fourth-order valence-corrected chi connectivity index (χ4v) is 1.45. The van der Waals surface area contributed by atoms with Gasteiger partial charge < -0.3 is 10.5 Å². The van der Waals surface area contributed by atoms with Crippen LogP contribution in [0.3, 0.4) is 0 Å². The van der Waals surface area contributed by atoms with Crippen molar-refractivity contribution >= 4 is 0 Å². The Labute approximate surface area is 92.4 Å². The summed E-state index contributed by atoms with van der Waals surface area (Å²) in [4.78, 5) is 0. The van der Waals surface area contributed by atoms with Crippen LogP contribution >= 0.6 is 0 Å². The molecule has 2 N–H and O–H groups in total. The fraction of sp³-hybridized carbons (Fsp3) is 0.538. The Balaban J connectivity index is 2.23. The second-order valence-electron chi connectivity index (χ2n) is 3.92. The third-order valence-electron chi connectivity index (χ3n) is 2.59. The molecule has 0 aliphatic heterocycles. The predicted molar refractivity (Wildman–Crippen MR) is 64.2 cm³/mol. The van der Waals surface area contributed by atoms with Gasteiger partial charge in [-0.3, -0.25) is 0 Å². The van der Waals surface area contributed by atoms with E-state index in [1.54, 1.807) is 0 Å². The largest absolute Gasteiger partial charge is 0.493 e. The van der Waals surface area contributed by atoms with E-state index < -0.39 is 0 Å². The molecule has 0 heterocycles. The Kier molecular flexibility index (Phi) is 5.19. The number of aryl methyl sites for hydroxylation is 1. The molecule has 0 amide bonds. The maximum atomic E-state index is 5.83. The minimum Gasteiger partial charge on any atom is -0.493 e. The highest BCUT2D eigenvalue weighted by atomic mass is 16.5. The highest BCUT2D eigenvalue weighted by Crippen LogP contribution is 2.16. The van der Waals surface area contributed by atoms with Crippen LogP contribution in [0.15, 0.2) is 24.3 Å². The van der Waals surface area contributed by atoms with Crippen molar-refractivity contribution in [2.45, 2.75) is 39.2 Å². The van der Waals surface area contributed by atoms with Gasteiger partial charge in [-0.2, -0.15) is 0 Å². The molecule has 0 aromatic heterocycles. The molecule has 0 saturated carbocycles. The van der Waals surface area contributed by atoms with E-state index in [-0.39, 0.29) is 0 Å². The third-order valence-corrected chi connectivity index (χ3v) is 2.59. The van der Waals surface area contributed by atoms with E-state index in [1.165, 1.54) is 5.56 Å². The van der Waals surface area contributed by atoms with Crippen molar-refractivity contribution in [2.24, 2.45) is 5.73 Å². The summed E-state index contributed by atoms with van der Waals surface area (Å²) >= 11 is 0. The Morgan fingerprint density at radius 2 is 2.07 bits per heavy atom. The zero-order valence-corrected chi connectivity index (χ0v) is 9.70. The molecule has 15 heavy (non-hydrogen) atoms. The molecule has 1 aromatic rings. The Bertz CT molecular complexity index is 286. The number of para-hydroxylation sites is 1. The maximum Gasteiger partial charge on any atom is 0.122 e. The van der Waals surface area contributed by atoms with E-state index in [0.717, 1.165) is 31.6 Å². The summed E-state index contributed by atoms with van der Waals surface area (Å²) in [6.45, 7) is 4.94. The third kappa shape index (κ3) is 4.34. The van der Waals surface area contributed by atoms with Gasteiger partial charge in [0.1, 0.15) is 5.75 Å². The van der Waals surface area contributed by atoms with Crippen LogP contribution in [0.4, 0.5) is 0 Å². The van der Waals surface area contributed by atoms with E-state index >= 15 is 0 Å². The monoisotopic (exact) mass is 207 g/mol. The average molecular weight is 207 g/mol. The summed E-state index contributed by atoms with van der Waals surface area (Å²) in [6, 6.07) is 8.42. The lowest BCUT2D eigenvalue weighted by Gasteiger charge is -2.10. The summed E-state index contributed by atoms with van der Waals surface area (Å²) in [5.74, 6) is 0.988. The lowest BCUT2D eigenvalue weighted by atomic mass is 10.1. The second kappa shape index (κ2) is 6.46. The lowest BCUT2D eigenvalue weighted by molar-refractivity contribution is 0.299. The molecule has 0 saturated heterocycles. The molecule has 1 rings (SSSR count). The quantitative estimate of drug-likeness (QED) is 0.728. The van der Waals surface area contributed by atoms with Gasteiger partial charge in [0, 0.05) is 6.04 Å². The molecule has 0 fully saturated rings. The van der Waals surface area contributed by atoms with Crippen LogP contribution in [0.1, 0.15) is 31.7 Å². The summed E-state index contributed by atoms with van der Waals surface area (Å²) in [6.07, 6.45) is 3.12. The zero-order valence-electron chi connectivity index (χ0n) is 9.70. The number of hydrogen-bond acceptors (Lipinski definition) is 2. The van der Waals surface area contributed by atoms with Gasteiger partial charge in [-0.25, -0.2) is 0 Å².